The fourth-order valence-corrected chi connectivity index (χ4v) is 4.43. The number of carbonyl (C=O) groups is 1. The predicted octanol–water partition coefficient (Wildman–Crippen LogP) is 2.49. The summed E-state index contributed by atoms with van der Waals surface area (Å²) in [5.41, 5.74) is 0.955. The van der Waals surface area contributed by atoms with E-state index >= 15 is 0 Å². The molecule has 0 spiro atoms. The molecule has 0 bridgehead atoms. The van der Waals surface area contributed by atoms with Gasteiger partial charge in [-0.2, -0.15) is 0 Å². The molecular weight excluding hydrogens is 364 g/mol. The number of methoxy groups -OCH3 is 1. The molecule has 1 fully saturated rings. The molecule has 1 heterocycles. The van der Waals surface area contributed by atoms with E-state index in [-0.39, 0.29) is 17.9 Å². The molecule has 1 saturated heterocycles. The van der Waals surface area contributed by atoms with Crippen LogP contribution in [0.25, 0.3) is 10.8 Å². The van der Waals surface area contributed by atoms with Gasteiger partial charge in [0.15, 0.2) is 0 Å². The second kappa shape index (κ2) is 7.86. The second-order valence-electron chi connectivity index (χ2n) is 7.21. The molecule has 1 aliphatic rings. The Bertz CT molecular complexity index is 942. The lowest BCUT2D eigenvalue weighted by Crippen LogP contribution is -2.50. The minimum absolute atomic E-state index is 0.0304. The van der Waals surface area contributed by atoms with Crippen molar-refractivity contribution >= 4 is 26.7 Å². The number of benzene rings is 2. The van der Waals surface area contributed by atoms with E-state index in [4.69, 9.17) is 4.74 Å². The van der Waals surface area contributed by atoms with E-state index in [1.165, 1.54) is 0 Å². The first-order chi connectivity index (χ1) is 12.8. The van der Waals surface area contributed by atoms with Crippen LogP contribution >= 0.6 is 0 Å². The predicted molar refractivity (Wildman–Crippen MR) is 106 cm³/mol. The number of nitrogens with zero attached hydrogens (tertiary/aromatic N) is 1. The number of hydrogen-bond donors (Lipinski definition) is 1. The Hall–Kier alpha value is -2.12. The van der Waals surface area contributed by atoms with Crippen LogP contribution in [0.15, 0.2) is 36.4 Å². The van der Waals surface area contributed by atoms with Crippen LogP contribution in [0.4, 0.5) is 0 Å². The van der Waals surface area contributed by atoms with Crippen molar-refractivity contribution in [2.75, 3.05) is 26.5 Å². The summed E-state index contributed by atoms with van der Waals surface area (Å²) in [5, 5.41) is 2.12. The number of fused-ring (bicyclic) bond motifs is 1. The molecule has 146 valence electrons. The lowest BCUT2D eigenvalue weighted by molar-refractivity contribution is -0.133. The van der Waals surface area contributed by atoms with E-state index in [0.717, 1.165) is 41.2 Å². The maximum atomic E-state index is 13.0. The van der Waals surface area contributed by atoms with Crippen LogP contribution < -0.4 is 9.46 Å². The Balaban J connectivity index is 1.75. The third-order valence-electron chi connectivity index (χ3n) is 5.06. The number of amides is 1. The highest BCUT2D eigenvalue weighted by atomic mass is 32.2. The molecule has 0 radical (unpaired) electrons. The van der Waals surface area contributed by atoms with E-state index < -0.39 is 10.0 Å². The Morgan fingerprint density at radius 2 is 1.93 bits per heavy atom. The molecule has 1 aliphatic heterocycles. The minimum Gasteiger partial charge on any atom is -0.497 e. The zero-order valence-corrected chi connectivity index (χ0v) is 16.8. The standard InChI is InChI=1S/C20H26N2O4S/c1-14(15-6-7-17-12-19(26-2)9-8-16(17)11-15)20(23)22-10-4-5-18(13-22)21-27(3,24)25/h6-9,11-12,14,18,21H,4-5,10,13H2,1-3H3/t14-,18+/m0/s1. The number of nitrogens with one attached hydrogen (secondary N) is 1. The van der Waals surface area contributed by atoms with Crippen LogP contribution in [-0.2, 0) is 14.8 Å². The summed E-state index contributed by atoms with van der Waals surface area (Å²) in [5.74, 6) is 0.549. The molecular formula is C20H26N2O4S. The van der Waals surface area contributed by atoms with Crippen molar-refractivity contribution in [1.29, 1.82) is 0 Å². The van der Waals surface area contributed by atoms with E-state index in [1.54, 1.807) is 12.0 Å². The van der Waals surface area contributed by atoms with Gasteiger partial charge in [-0.3, -0.25) is 4.79 Å². The van der Waals surface area contributed by atoms with Gasteiger partial charge in [0.25, 0.3) is 0 Å². The maximum absolute atomic E-state index is 13.0. The van der Waals surface area contributed by atoms with Crippen molar-refractivity contribution in [2.24, 2.45) is 0 Å². The number of piperidine rings is 1. The highest BCUT2D eigenvalue weighted by Gasteiger charge is 2.28. The first kappa shape index (κ1) is 19.6. The fraction of sp³-hybridized carbons (Fsp3) is 0.450. The minimum atomic E-state index is -3.27. The van der Waals surface area contributed by atoms with Crippen LogP contribution in [0.2, 0.25) is 0 Å². The Morgan fingerprint density at radius 1 is 1.22 bits per heavy atom. The number of sulfonamides is 1. The van der Waals surface area contributed by atoms with Gasteiger partial charge >= 0.3 is 0 Å². The smallest absolute Gasteiger partial charge is 0.229 e. The first-order valence-corrected chi connectivity index (χ1v) is 11.0. The average Bonchev–Trinajstić information content (AvgIpc) is 2.64. The van der Waals surface area contributed by atoms with Gasteiger partial charge in [-0.15, -0.1) is 0 Å². The largest absolute Gasteiger partial charge is 0.497 e. The number of ether oxygens (including phenoxy) is 1. The van der Waals surface area contributed by atoms with Crippen LogP contribution in [0.5, 0.6) is 5.75 Å². The molecule has 0 aromatic heterocycles. The van der Waals surface area contributed by atoms with Crippen molar-refractivity contribution < 1.29 is 17.9 Å². The van der Waals surface area contributed by atoms with Crippen LogP contribution in [0.1, 0.15) is 31.2 Å². The van der Waals surface area contributed by atoms with Crippen LogP contribution in [0, 0.1) is 0 Å². The summed E-state index contributed by atoms with van der Waals surface area (Å²) in [4.78, 5) is 14.7. The zero-order valence-electron chi connectivity index (χ0n) is 15.9. The van der Waals surface area contributed by atoms with Crippen molar-refractivity contribution in [2.45, 2.75) is 31.7 Å². The average molecular weight is 391 g/mol. The lowest BCUT2D eigenvalue weighted by Gasteiger charge is -2.34. The van der Waals surface area contributed by atoms with Gasteiger partial charge in [-0.1, -0.05) is 24.3 Å². The van der Waals surface area contributed by atoms with Crippen molar-refractivity contribution in [3.05, 3.63) is 42.0 Å². The second-order valence-corrected chi connectivity index (χ2v) is 8.99. The molecule has 1 amide bonds. The quantitative estimate of drug-likeness (QED) is 0.851. The summed E-state index contributed by atoms with van der Waals surface area (Å²) < 4.78 is 30.8. The van der Waals surface area contributed by atoms with E-state index in [2.05, 4.69) is 4.72 Å². The Morgan fingerprint density at radius 3 is 2.63 bits per heavy atom. The summed E-state index contributed by atoms with van der Waals surface area (Å²) in [6.07, 6.45) is 2.70. The van der Waals surface area contributed by atoms with E-state index in [9.17, 15) is 13.2 Å². The molecule has 0 unspecified atom stereocenters. The lowest BCUT2D eigenvalue weighted by atomic mass is 9.95. The normalized spacial score (nSPS) is 19.1. The van der Waals surface area contributed by atoms with E-state index in [0.29, 0.717) is 13.1 Å². The van der Waals surface area contributed by atoms with Gasteiger partial charge in [0.05, 0.1) is 19.3 Å². The van der Waals surface area contributed by atoms with Crippen molar-refractivity contribution in [1.82, 2.24) is 9.62 Å². The van der Waals surface area contributed by atoms with Gasteiger partial charge in [0.1, 0.15) is 5.75 Å². The summed E-state index contributed by atoms with van der Waals surface area (Å²) >= 11 is 0. The third kappa shape index (κ3) is 4.78. The molecule has 0 saturated carbocycles. The molecule has 1 N–H and O–H groups in total. The fourth-order valence-electron chi connectivity index (χ4n) is 3.63. The number of carbonyl (C=O) groups excluding carboxylic acids is 1. The van der Waals surface area contributed by atoms with Crippen LogP contribution in [0.3, 0.4) is 0 Å². The highest BCUT2D eigenvalue weighted by molar-refractivity contribution is 7.88. The monoisotopic (exact) mass is 390 g/mol. The van der Waals surface area contributed by atoms with Gasteiger partial charge in [0.2, 0.25) is 15.9 Å². The summed E-state index contributed by atoms with van der Waals surface area (Å²) in [6.45, 7) is 2.98. The molecule has 2 aromatic carbocycles. The molecule has 2 atom stereocenters. The summed E-state index contributed by atoms with van der Waals surface area (Å²) in [7, 11) is -1.63. The topological polar surface area (TPSA) is 75.7 Å². The highest BCUT2D eigenvalue weighted by Crippen LogP contribution is 2.27. The van der Waals surface area contributed by atoms with Crippen molar-refractivity contribution in [3.63, 3.8) is 0 Å². The molecule has 3 rings (SSSR count). The van der Waals surface area contributed by atoms with Gasteiger partial charge in [-0.25, -0.2) is 13.1 Å². The molecule has 7 heteroatoms. The van der Waals surface area contributed by atoms with Gasteiger partial charge < -0.3 is 9.64 Å². The maximum Gasteiger partial charge on any atom is 0.229 e. The first-order valence-electron chi connectivity index (χ1n) is 9.10. The summed E-state index contributed by atoms with van der Waals surface area (Å²) in [6, 6.07) is 11.7. The number of rotatable bonds is 5. The Kier molecular flexibility index (Phi) is 5.72. The van der Waals surface area contributed by atoms with E-state index in [1.807, 2.05) is 43.3 Å². The SMILES string of the molecule is COc1ccc2cc([C@H](C)C(=O)N3CCC[C@@H](NS(C)(=O)=O)C3)ccc2c1. The molecule has 2 aromatic rings. The van der Waals surface area contributed by atoms with Gasteiger partial charge in [0, 0.05) is 19.1 Å². The molecule has 0 aliphatic carbocycles. The molecule has 27 heavy (non-hydrogen) atoms. The zero-order chi connectivity index (χ0) is 19.6. The third-order valence-corrected chi connectivity index (χ3v) is 5.82. The Labute approximate surface area is 160 Å². The number of hydrogen-bond acceptors (Lipinski definition) is 4. The van der Waals surface area contributed by atoms with Gasteiger partial charge in [-0.05, 0) is 48.2 Å². The van der Waals surface area contributed by atoms with Crippen molar-refractivity contribution in [3.8, 4) is 5.75 Å². The molecule has 6 nitrogen and oxygen atoms in total. The number of likely N-dealkylation sites (tertiary alicyclic amines) is 1. The van der Waals surface area contributed by atoms with Crippen LogP contribution in [-0.4, -0.2) is 51.7 Å².